The van der Waals surface area contributed by atoms with Crippen LogP contribution in [0, 0.1) is 25.5 Å². The number of likely N-dealkylation sites (tertiary alicyclic amines) is 1. The summed E-state index contributed by atoms with van der Waals surface area (Å²) >= 11 is 6.65. The molecule has 1 saturated carbocycles. The number of amides is 1. The van der Waals surface area contributed by atoms with Gasteiger partial charge in [0, 0.05) is 30.5 Å². The highest BCUT2D eigenvalue weighted by Gasteiger charge is 2.41. The van der Waals surface area contributed by atoms with Crippen molar-refractivity contribution in [3.63, 3.8) is 0 Å². The van der Waals surface area contributed by atoms with Crippen LogP contribution in [0.4, 0.5) is 17.6 Å². The minimum atomic E-state index is -2.95. The maximum absolute atomic E-state index is 15.7. The van der Waals surface area contributed by atoms with Crippen LogP contribution < -0.4 is 5.56 Å². The maximum Gasteiger partial charge on any atom is 0.345 e. The Bertz CT molecular complexity index is 1790. The lowest BCUT2D eigenvalue weighted by molar-refractivity contribution is -0.189. The molecule has 6 nitrogen and oxygen atoms in total. The van der Waals surface area contributed by atoms with Gasteiger partial charge in [0.05, 0.1) is 23.0 Å². The molecule has 2 aromatic heterocycles. The molecule has 0 radical (unpaired) electrons. The van der Waals surface area contributed by atoms with Gasteiger partial charge < -0.3 is 9.64 Å². The van der Waals surface area contributed by atoms with Crippen molar-refractivity contribution >= 4 is 17.5 Å². The molecular weight excluding hydrogens is 586 g/mol. The molecule has 1 saturated heterocycles. The van der Waals surface area contributed by atoms with Crippen LogP contribution in [0.5, 0.6) is 0 Å². The van der Waals surface area contributed by atoms with E-state index in [0.717, 1.165) is 17.5 Å². The molecule has 11 heteroatoms. The number of ether oxygens (including phenoxy) is 1. The van der Waals surface area contributed by atoms with E-state index >= 15 is 4.39 Å². The molecule has 1 amide bonds. The fourth-order valence-electron chi connectivity index (χ4n) is 5.72. The van der Waals surface area contributed by atoms with Gasteiger partial charge in [-0.2, -0.15) is 8.78 Å². The van der Waals surface area contributed by atoms with Crippen molar-refractivity contribution in [1.29, 1.82) is 0 Å². The van der Waals surface area contributed by atoms with Gasteiger partial charge in [0.15, 0.2) is 0 Å². The molecule has 0 unspecified atom stereocenters. The van der Waals surface area contributed by atoms with Crippen LogP contribution in [0.15, 0.2) is 65.6 Å². The summed E-state index contributed by atoms with van der Waals surface area (Å²) in [7, 11) is 0. The van der Waals surface area contributed by atoms with E-state index < -0.39 is 30.0 Å². The largest absolute Gasteiger partial charge is 0.345 e. The maximum atomic E-state index is 15.7. The Kier molecular flexibility index (Phi) is 7.60. The van der Waals surface area contributed by atoms with Crippen molar-refractivity contribution < 1.29 is 27.1 Å². The molecule has 1 aliphatic carbocycles. The monoisotopic (exact) mass is 611 g/mol. The molecule has 2 fully saturated rings. The number of carbonyl (C=O) groups is 1. The van der Waals surface area contributed by atoms with Crippen molar-refractivity contribution in [2.45, 2.75) is 44.8 Å². The SMILES string of the molecule is Cc1cnc(-c2cccc(C(=O)N3CC(OC(F)F)C3)c2F)cc1-n1c(C)cc([C@H]2C[C@@H]2c2ccc(F)cc2)c(Cl)c1=O. The molecule has 2 aliphatic rings. The summed E-state index contributed by atoms with van der Waals surface area (Å²) in [5.41, 5.74) is 3.02. The normalized spacial score (nSPS) is 18.2. The number of rotatable bonds is 7. The average molecular weight is 612 g/mol. The average Bonchev–Trinajstić information content (AvgIpc) is 3.74. The van der Waals surface area contributed by atoms with Crippen LogP contribution in [0.1, 0.15) is 51.0 Å². The number of pyridine rings is 2. The van der Waals surface area contributed by atoms with E-state index in [1.54, 1.807) is 32.0 Å². The summed E-state index contributed by atoms with van der Waals surface area (Å²) < 4.78 is 59.8. The van der Waals surface area contributed by atoms with E-state index in [1.165, 1.54) is 46.0 Å². The van der Waals surface area contributed by atoms with Gasteiger partial charge in [-0.15, -0.1) is 0 Å². The highest BCUT2D eigenvalue weighted by atomic mass is 35.5. The van der Waals surface area contributed by atoms with Crippen molar-refractivity contribution in [2.24, 2.45) is 0 Å². The minimum Gasteiger partial charge on any atom is -0.333 e. The Morgan fingerprint density at radius 2 is 1.77 bits per heavy atom. The lowest BCUT2D eigenvalue weighted by Gasteiger charge is -2.38. The Hall–Kier alpha value is -4.02. The van der Waals surface area contributed by atoms with Crippen LogP contribution in [0.2, 0.25) is 5.02 Å². The number of aryl methyl sites for hydroxylation is 2. The number of alkyl halides is 2. The number of aromatic nitrogens is 2. The number of hydrogen-bond donors (Lipinski definition) is 0. The van der Waals surface area contributed by atoms with Crippen molar-refractivity contribution in [3.8, 4) is 16.9 Å². The number of carbonyl (C=O) groups excluding carboxylic acids is 1. The fraction of sp³-hybridized carbons (Fsp3) is 0.281. The third kappa shape index (κ3) is 5.45. The molecule has 2 atom stereocenters. The number of halogens is 5. The summed E-state index contributed by atoms with van der Waals surface area (Å²) in [6.07, 6.45) is 1.50. The third-order valence-electron chi connectivity index (χ3n) is 8.10. The van der Waals surface area contributed by atoms with E-state index in [1.807, 2.05) is 6.07 Å². The molecule has 4 aromatic rings. The zero-order chi connectivity index (χ0) is 30.6. The summed E-state index contributed by atoms with van der Waals surface area (Å²) in [6.45, 7) is 0.476. The Morgan fingerprint density at radius 3 is 2.47 bits per heavy atom. The molecule has 0 bridgehead atoms. The predicted molar refractivity (Wildman–Crippen MR) is 153 cm³/mol. The van der Waals surface area contributed by atoms with Gasteiger partial charge in [0.1, 0.15) is 16.7 Å². The molecule has 222 valence electrons. The second kappa shape index (κ2) is 11.2. The van der Waals surface area contributed by atoms with Gasteiger partial charge in [-0.05, 0) is 85.2 Å². The molecule has 3 heterocycles. The van der Waals surface area contributed by atoms with Gasteiger partial charge in [-0.25, -0.2) is 8.78 Å². The smallest absolute Gasteiger partial charge is 0.333 e. The second-order valence-corrected chi connectivity index (χ2v) is 11.3. The molecule has 2 aromatic carbocycles. The number of hydrogen-bond acceptors (Lipinski definition) is 4. The lowest BCUT2D eigenvalue weighted by atomic mass is 10.0. The minimum absolute atomic E-state index is 0.0334. The van der Waals surface area contributed by atoms with Gasteiger partial charge in [-0.3, -0.25) is 19.1 Å². The van der Waals surface area contributed by atoms with Crippen LogP contribution >= 0.6 is 11.6 Å². The molecule has 43 heavy (non-hydrogen) atoms. The number of benzene rings is 2. The topological polar surface area (TPSA) is 64.4 Å². The first kappa shape index (κ1) is 29.1. The van der Waals surface area contributed by atoms with Gasteiger partial charge in [0.2, 0.25) is 0 Å². The van der Waals surface area contributed by atoms with Crippen molar-refractivity contribution in [1.82, 2.24) is 14.5 Å². The first-order valence-corrected chi connectivity index (χ1v) is 14.1. The van der Waals surface area contributed by atoms with E-state index in [2.05, 4.69) is 9.72 Å². The third-order valence-corrected chi connectivity index (χ3v) is 8.48. The molecule has 1 aliphatic heterocycles. The van der Waals surface area contributed by atoms with E-state index in [0.29, 0.717) is 16.9 Å². The Labute approximate surface area is 249 Å². The number of nitrogens with zero attached hydrogens (tertiary/aromatic N) is 3. The summed E-state index contributed by atoms with van der Waals surface area (Å²) in [5.74, 6) is -1.60. The standard InChI is InChI=1S/C32H26ClF4N3O3/c1-16-13-38-26(21-4-3-5-22(29(21)35)30(41)39-14-20(15-39)43-32(36)37)12-27(16)40-17(2)10-25(28(33)31(40)42)24-11-23(24)18-6-8-19(34)9-7-18/h3-10,12-13,20,23-24,32H,11,14-15H2,1-2H3/t23-,24+/m1/s1. The predicted octanol–water partition coefficient (Wildman–Crippen LogP) is 6.78. The quantitative estimate of drug-likeness (QED) is 0.216. The Morgan fingerprint density at radius 1 is 1.05 bits per heavy atom. The zero-order valence-electron chi connectivity index (χ0n) is 23.2. The van der Waals surface area contributed by atoms with Gasteiger partial charge >= 0.3 is 6.61 Å². The first-order valence-electron chi connectivity index (χ1n) is 13.7. The van der Waals surface area contributed by atoms with E-state index in [9.17, 15) is 22.8 Å². The van der Waals surface area contributed by atoms with Crippen molar-refractivity contribution in [2.75, 3.05) is 13.1 Å². The zero-order valence-corrected chi connectivity index (χ0v) is 23.9. The van der Waals surface area contributed by atoms with Gasteiger partial charge in [-0.1, -0.05) is 29.8 Å². The summed E-state index contributed by atoms with van der Waals surface area (Å²) in [4.78, 5) is 32.1. The Balaban J connectivity index is 1.30. The van der Waals surface area contributed by atoms with Gasteiger partial charge in [0.25, 0.3) is 11.5 Å². The first-order chi connectivity index (χ1) is 20.5. The van der Waals surface area contributed by atoms with Crippen LogP contribution in [-0.2, 0) is 4.74 Å². The molecule has 0 spiro atoms. The summed E-state index contributed by atoms with van der Waals surface area (Å²) in [5, 5.41) is 0.0837. The lowest BCUT2D eigenvalue weighted by Crippen LogP contribution is -2.55. The fourth-order valence-corrected chi connectivity index (χ4v) is 6.00. The highest BCUT2D eigenvalue weighted by molar-refractivity contribution is 6.31. The molecule has 6 rings (SSSR count). The van der Waals surface area contributed by atoms with E-state index in [4.69, 9.17) is 11.6 Å². The van der Waals surface area contributed by atoms with Crippen LogP contribution in [0.3, 0.4) is 0 Å². The molecule has 0 N–H and O–H groups in total. The van der Waals surface area contributed by atoms with E-state index in [-0.39, 0.29) is 52.6 Å². The molecular formula is C32H26ClF4N3O3. The van der Waals surface area contributed by atoms with Crippen molar-refractivity contribution in [3.05, 3.63) is 116 Å². The van der Waals surface area contributed by atoms with Crippen LogP contribution in [0.25, 0.3) is 16.9 Å². The second-order valence-electron chi connectivity index (χ2n) is 10.9. The highest BCUT2D eigenvalue weighted by Crippen LogP contribution is 2.55. The van der Waals surface area contributed by atoms with Crippen LogP contribution in [-0.4, -0.2) is 46.2 Å². The summed E-state index contributed by atoms with van der Waals surface area (Å²) in [6, 6.07) is 14.1.